The number of hydrogen-bond acceptors (Lipinski definition) is 3. The molecule has 1 aliphatic rings. The Balaban J connectivity index is 2.03. The lowest BCUT2D eigenvalue weighted by atomic mass is 10.0. The molecule has 6 heteroatoms. The first-order valence-electron chi connectivity index (χ1n) is 8.48. The number of nitrogens with one attached hydrogen (secondary N) is 1. The summed E-state index contributed by atoms with van der Waals surface area (Å²) in [5, 5.41) is 3.47. The van der Waals surface area contributed by atoms with Crippen molar-refractivity contribution in [2.24, 2.45) is 0 Å². The second-order valence-corrected chi connectivity index (χ2v) is 6.54. The van der Waals surface area contributed by atoms with Gasteiger partial charge in [0.15, 0.2) is 0 Å². The molecule has 0 fully saturated rings. The van der Waals surface area contributed by atoms with Crippen molar-refractivity contribution in [3.8, 4) is 5.75 Å². The number of nitrogens with zero attached hydrogens (tertiary/aromatic N) is 1. The Morgan fingerprint density at radius 2 is 2.12 bits per heavy atom. The number of amides is 1. The van der Waals surface area contributed by atoms with Crippen molar-refractivity contribution in [1.29, 1.82) is 0 Å². The molecule has 132 valence electrons. The number of aryl methyl sites for hydroxylation is 1. The van der Waals surface area contributed by atoms with Gasteiger partial charge in [-0.25, -0.2) is 0 Å². The summed E-state index contributed by atoms with van der Waals surface area (Å²) >= 11 is 6.14. The van der Waals surface area contributed by atoms with E-state index in [0.29, 0.717) is 41.6 Å². The Labute approximate surface area is 151 Å². The summed E-state index contributed by atoms with van der Waals surface area (Å²) in [6.45, 7) is 4.76. The average molecular weight is 361 g/mol. The Kier molecular flexibility index (Phi) is 5.13. The fraction of sp³-hybridized carbons (Fsp3) is 0.368. The van der Waals surface area contributed by atoms with Gasteiger partial charge in [-0.2, -0.15) is 0 Å². The van der Waals surface area contributed by atoms with Gasteiger partial charge in [0.05, 0.1) is 6.61 Å². The fourth-order valence-corrected chi connectivity index (χ4v) is 3.30. The number of fused-ring (bicyclic) bond motifs is 1. The zero-order chi connectivity index (χ0) is 18.0. The summed E-state index contributed by atoms with van der Waals surface area (Å²) < 4.78 is 7.27. The summed E-state index contributed by atoms with van der Waals surface area (Å²) in [6.07, 6.45) is 2.58. The first kappa shape index (κ1) is 17.5. The summed E-state index contributed by atoms with van der Waals surface area (Å²) in [5.41, 5.74) is 2.63. The number of ether oxygens (including phenoxy) is 1. The van der Waals surface area contributed by atoms with E-state index in [4.69, 9.17) is 16.3 Å². The maximum absolute atomic E-state index is 12.9. The number of carbonyl (C=O) groups excluding carboxylic acids is 1. The lowest BCUT2D eigenvalue weighted by Gasteiger charge is -2.23. The minimum atomic E-state index is -0.283. The zero-order valence-electron chi connectivity index (χ0n) is 14.4. The zero-order valence-corrected chi connectivity index (χ0v) is 15.2. The number of pyridine rings is 1. The van der Waals surface area contributed by atoms with Crippen LogP contribution in [0.2, 0.25) is 5.02 Å². The van der Waals surface area contributed by atoms with Crippen LogP contribution in [0.4, 0.5) is 5.69 Å². The van der Waals surface area contributed by atoms with E-state index in [1.165, 1.54) is 6.07 Å². The molecule has 0 saturated carbocycles. The second-order valence-electron chi connectivity index (χ2n) is 6.13. The monoisotopic (exact) mass is 360 g/mol. The molecule has 3 rings (SSSR count). The van der Waals surface area contributed by atoms with E-state index in [1.54, 1.807) is 16.7 Å². The number of carbonyl (C=O) groups is 1. The maximum atomic E-state index is 12.9. The highest BCUT2D eigenvalue weighted by molar-refractivity contribution is 6.31. The quantitative estimate of drug-likeness (QED) is 0.902. The highest BCUT2D eigenvalue weighted by atomic mass is 35.5. The van der Waals surface area contributed by atoms with Crippen LogP contribution in [0.1, 0.15) is 41.4 Å². The number of anilines is 1. The summed E-state index contributed by atoms with van der Waals surface area (Å²) in [7, 11) is 0. The minimum absolute atomic E-state index is 0.118. The molecule has 2 aromatic rings. The molecule has 1 aliphatic heterocycles. The van der Waals surface area contributed by atoms with Crippen molar-refractivity contribution in [3.63, 3.8) is 0 Å². The van der Waals surface area contributed by atoms with Crippen molar-refractivity contribution < 1.29 is 9.53 Å². The molecule has 0 atom stereocenters. The van der Waals surface area contributed by atoms with E-state index in [9.17, 15) is 9.59 Å². The van der Waals surface area contributed by atoms with Crippen LogP contribution in [0.5, 0.6) is 5.75 Å². The van der Waals surface area contributed by atoms with Crippen LogP contribution in [0.3, 0.4) is 0 Å². The van der Waals surface area contributed by atoms with Gasteiger partial charge in [0.1, 0.15) is 11.3 Å². The van der Waals surface area contributed by atoms with Crippen LogP contribution in [-0.2, 0) is 13.0 Å². The Morgan fingerprint density at radius 3 is 2.84 bits per heavy atom. The smallest absolute Gasteiger partial charge is 0.261 e. The minimum Gasteiger partial charge on any atom is -0.493 e. The summed E-state index contributed by atoms with van der Waals surface area (Å²) in [6, 6.07) is 6.79. The normalized spacial score (nSPS) is 13.2. The van der Waals surface area contributed by atoms with Crippen molar-refractivity contribution in [3.05, 3.63) is 56.5 Å². The molecule has 0 saturated heterocycles. The lowest BCUT2D eigenvalue weighted by molar-refractivity contribution is 0.102. The van der Waals surface area contributed by atoms with Gasteiger partial charge in [-0.1, -0.05) is 17.7 Å². The number of benzene rings is 1. The Hall–Kier alpha value is -2.27. The first-order chi connectivity index (χ1) is 12.0. The van der Waals surface area contributed by atoms with Gasteiger partial charge in [0, 0.05) is 29.0 Å². The van der Waals surface area contributed by atoms with Gasteiger partial charge >= 0.3 is 0 Å². The van der Waals surface area contributed by atoms with E-state index < -0.39 is 0 Å². The molecule has 0 unspecified atom stereocenters. The number of halogens is 1. The van der Waals surface area contributed by atoms with E-state index >= 15 is 0 Å². The second kappa shape index (κ2) is 7.31. The molecule has 0 bridgehead atoms. The van der Waals surface area contributed by atoms with Gasteiger partial charge in [-0.3, -0.25) is 9.59 Å². The van der Waals surface area contributed by atoms with Crippen molar-refractivity contribution >= 4 is 23.2 Å². The van der Waals surface area contributed by atoms with Crippen LogP contribution < -0.4 is 15.6 Å². The van der Waals surface area contributed by atoms with Crippen molar-refractivity contribution in [2.75, 3.05) is 11.9 Å². The third kappa shape index (κ3) is 3.56. The fourth-order valence-electron chi connectivity index (χ4n) is 3.12. The van der Waals surface area contributed by atoms with Crippen LogP contribution in [0.15, 0.2) is 29.1 Å². The van der Waals surface area contributed by atoms with Crippen molar-refractivity contribution in [2.45, 2.75) is 39.7 Å². The Morgan fingerprint density at radius 1 is 1.32 bits per heavy atom. The molecule has 1 aromatic heterocycles. The van der Waals surface area contributed by atoms with Gasteiger partial charge in [0.2, 0.25) is 0 Å². The molecule has 1 aromatic carbocycles. The molecule has 25 heavy (non-hydrogen) atoms. The molecule has 5 nitrogen and oxygen atoms in total. The summed E-state index contributed by atoms with van der Waals surface area (Å²) in [4.78, 5) is 25.2. The molecule has 2 heterocycles. The lowest BCUT2D eigenvalue weighted by Crippen LogP contribution is -2.31. The van der Waals surface area contributed by atoms with E-state index in [2.05, 4.69) is 5.32 Å². The third-order valence-electron chi connectivity index (χ3n) is 4.38. The van der Waals surface area contributed by atoms with Crippen LogP contribution >= 0.6 is 11.6 Å². The van der Waals surface area contributed by atoms with E-state index in [1.807, 2.05) is 19.9 Å². The topological polar surface area (TPSA) is 60.3 Å². The highest BCUT2D eigenvalue weighted by Gasteiger charge is 2.24. The molecule has 0 spiro atoms. The summed E-state index contributed by atoms with van der Waals surface area (Å²) in [5.74, 6) is 0.0605. The van der Waals surface area contributed by atoms with Gasteiger partial charge in [-0.15, -0.1) is 0 Å². The van der Waals surface area contributed by atoms with Gasteiger partial charge < -0.3 is 14.6 Å². The standard InChI is InChI=1S/C19H21ClN2O3/c1-3-25-16-11-17(23)22-9-5-4-6-15(22)18(16)19(24)21-13-8-7-12(2)14(20)10-13/h7-8,10-11H,3-6,9H2,1-2H3,(H,21,24). The van der Waals surface area contributed by atoms with E-state index in [0.717, 1.165) is 24.1 Å². The largest absolute Gasteiger partial charge is 0.493 e. The maximum Gasteiger partial charge on any atom is 0.261 e. The predicted molar refractivity (Wildman–Crippen MR) is 99.0 cm³/mol. The molecule has 1 N–H and O–H groups in total. The molecular formula is C19H21ClN2O3. The molecule has 1 amide bonds. The SMILES string of the molecule is CCOc1cc(=O)n2c(c1C(=O)Nc1ccc(C)c(Cl)c1)CCCC2. The Bertz CT molecular complexity index is 874. The molecular weight excluding hydrogens is 340 g/mol. The van der Waals surface area contributed by atoms with Gasteiger partial charge in [0.25, 0.3) is 11.5 Å². The highest BCUT2D eigenvalue weighted by Crippen LogP contribution is 2.27. The van der Waals surface area contributed by atoms with Crippen LogP contribution in [-0.4, -0.2) is 17.1 Å². The average Bonchev–Trinajstić information content (AvgIpc) is 2.59. The number of rotatable bonds is 4. The van der Waals surface area contributed by atoms with Crippen LogP contribution in [0, 0.1) is 6.92 Å². The third-order valence-corrected chi connectivity index (χ3v) is 4.79. The van der Waals surface area contributed by atoms with Gasteiger partial charge in [-0.05, 0) is 50.8 Å². The van der Waals surface area contributed by atoms with Crippen molar-refractivity contribution in [1.82, 2.24) is 4.57 Å². The first-order valence-corrected chi connectivity index (χ1v) is 8.86. The molecule has 0 radical (unpaired) electrons. The number of hydrogen-bond donors (Lipinski definition) is 1. The predicted octanol–water partition coefficient (Wildman–Crippen LogP) is 3.80. The van der Waals surface area contributed by atoms with Crippen LogP contribution in [0.25, 0.3) is 0 Å². The number of aromatic nitrogens is 1. The van der Waals surface area contributed by atoms with E-state index in [-0.39, 0.29) is 11.5 Å². The molecule has 0 aliphatic carbocycles.